The minimum Gasteiger partial charge on any atom is -0.478 e. The summed E-state index contributed by atoms with van der Waals surface area (Å²) in [5.74, 6) is -1.45. The molecule has 0 aromatic heterocycles. The fraction of sp³-hybridized carbons (Fsp3) is 0.636. The fourth-order valence-electron chi connectivity index (χ4n) is 1.91. The van der Waals surface area contributed by atoms with Crippen molar-refractivity contribution in [1.29, 1.82) is 0 Å². The summed E-state index contributed by atoms with van der Waals surface area (Å²) in [5, 5.41) is 8.73. The van der Waals surface area contributed by atoms with E-state index in [0.29, 0.717) is 0 Å². The number of rotatable bonds is 3. The second-order valence-electron chi connectivity index (χ2n) is 4.50. The molecule has 0 amide bonds. The highest BCUT2D eigenvalue weighted by Crippen LogP contribution is 2.59. The van der Waals surface area contributed by atoms with Crippen molar-refractivity contribution in [1.82, 2.24) is 0 Å². The molecule has 0 heterocycles. The SMILES string of the molecule is COC(=O)[C@H]1[C@@H](/C=C(\C)C(=O)O)C1(C)C. The van der Waals surface area contributed by atoms with Gasteiger partial charge in [-0.1, -0.05) is 19.9 Å². The van der Waals surface area contributed by atoms with Gasteiger partial charge in [-0.2, -0.15) is 0 Å². The smallest absolute Gasteiger partial charge is 0.330 e. The van der Waals surface area contributed by atoms with Crippen LogP contribution in [0.2, 0.25) is 0 Å². The number of hydrogen-bond acceptors (Lipinski definition) is 3. The maximum Gasteiger partial charge on any atom is 0.330 e. The highest BCUT2D eigenvalue weighted by atomic mass is 16.5. The average molecular weight is 212 g/mol. The van der Waals surface area contributed by atoms with E-state index < -0.39 is 5.97 Å². The standard InChI is InChI=1S/C11H16O4/c1-6(9(12)13)5-7-8(10(14)15-4)11(7,2)3/h5,7-8H,1-4H3,(H,12,13)/b6-5+/t7-,8-/m1/s1. The zero-order valence-corrected chi connectivity index (χ0v) is 9.40. The second-order valence-corrected chi connectivity index (χ2v) is 4.50. The Kier molecular flexibility index (Phi) is 2.88. The van der Waals surface area contributed by atoms with Gasteiger partial charge in [-0.05, 0) is 18.3 Å². The zero-order valence-electron chi connectivity index (χ0n) is 9.40. The van der Waals surface area contributed by atoms with E-state index in [1.807, 2.05) is 13.8 Å². The van der Waals surface area contributed by atoms with Crippen LogP contribution in [0.15, 0.2) is 11.6 Å². The van der Waals surface area contributed by atoms with E-state index in [9.17, 15) is 9.59 Å². The molecule has 0 radical (unpaired) electrons. The van der Waals surface area contributed by atoms with Crippen LogP contribution in [0.5, 0.6) is 0 Å². The lowest BCUT2D eigenvalue weighted by atomic mass is 10.1. The minimum atomic E-state index is -0.943. The predicted octanol–water partition coefficient (Wildman–Crippen LogP) is 1.46. The van der Waals surface area contributed by atoms with E-state index in [0.717, 1.165) is 0 Å². The fourth-order valence-corrected chi connectivity index (χ4v) is 1.91. The van der Waals surface area contributed by atoms with Crippen molar-refractivity contribution < 1.29 is 19.4 Å². The molecular formula is C11H16O4. The number of carbonyl (C=O) groups excluding carboxylic acids is 1. The van der Waals surface area contributed by atoms with E-state index in [1.54, 1.807) is 6.08 Å². The van der Waals surface area contributed by atoms with Gasteiger partial charge >= 0.3 is 11.9 Å². The highest BCUT2D eigenvalue weighted by Gasteiger charge is 2.61. The van der Waals surface area contributed by atoms with E-state index in [4.69, 9.17) is 5.11 Å². The molecule has 4 heteroatoms. The molecule has 1 fully saturated rings. The van der Waals surface area contributed by atoms with Crippen molar-refractivity contribution in [3.8, 4) is 0 Å². The van der Waals surface area contributed by atoms with E-state index in [-0.39, 0.29) is 28.8 Å². The minimum absolute atomic E-state index is 0.0268. The van der Waals surface area contributed by atoms with Gasteiger partial charge in [-0.25, -0.2) is 4.79 Å². The molecule has 0 aromatic rings. The number of hydrogen-bond donors (Lipinski definition) is 1. The first kappa shape index (κ1) is 11.8. The summed E-state index contributed by atoms with van der Waals surface area (Å²) in [4.78, 5) is 22.0. The van der Waals surface area contributed by atoms with Crippen LogP contribution in [0.3, 0.4) is 0 Å². The van der Waals surface area contributed by atoms with Crippen molar-refractivity contribution in [2.45, 2.75) is 20.8 Å². The van der Waals surface area contributed by atoms with E-state index in [1.165, 1.54) is 14.0 Å². The third kappa shape index (κ3) is 2.03. The lowest BCUT2D eigenvalue weighted by molar-refractivity contribution is -0.143. The van der Waals surface area contributed by atoms with Crippen LogP contribution in [0.1, 0.15) is 20.8 Å². The largest absolute Gasteiger partial charge is 0.478 e. The molecule has 4 nitrogen and oxygen atoms in total. The quantitative estimate of drug-likeness (QED) is 0.568. The number of carbonyl (C=O) groups is 2. The van der Waals surface area contributed by atoms with Crippen LogP contribution in [-0.2, 0) is 14.3 Å². The number of ether oxygens (including phenoxy) is 1. The first-order valence-electron chi connectivity index (χ1n) is 4.82. The summed E-state index contributed by atoms with van der Waals surface area (Å²) in [5.41, 5.74) is 0.0866. The lowest BCUT2D eigenvalue weighted by Crippen LogP contribution is -2.07. The summed E-state index contributed by atoms with van der Waals surface area (Å²) in [6.45, 7) is 5.40. The van der Waals surface area contributed by atoms with Gasteiger partial charge in [0.15, 0.2) is 0 Å². The monoisotopic (exact) mass is 212 g/mol. The first-order valence-corrected chi connectivity index (χ1v) is 4.82. The number of allylic oxidation sites excluding steroid dienone is 1. The molecule has 0 aromatic carbocycles. The summed E-state index contributed by atoms with van der Waals surface area (Å²) in [6, 6.07) is 0. The molecule has 0 spiro atoms. The van der Waals surface area contributed by atoms with Gasteiger partial charge in [0.25, 0.3) is 0 Å². The van der Waals surface area contributed by atoms with Crippen LogP contribution in [0, 0.1) is 17.3 Å². The number of carboxylic acids is 1. The van der Waals surface area contributed by atoms with E-state index in [2.05, 4.69) is 4.74 Å². The lowest BCUT2D eigenvalue weighted by Gasteiger charge is -1.99. The molecule has 84 valence electrons. The number of aliphatic carboxylic acids is 1. The summed E-state index contributed by atoms with van der Waals surface area (Å²) < 4.78 is 4.67. The Morgan fingerprint density at radius 2 is 1.93 bits per heavy atom. The molecule has 0 aliphatic heterocycles. The van der Waals surface area contributed by atoms with Gasteiger partial charge in [0.1, 0.15) is 0 Å². The number of methoxy groups -OCH3 is 1. The Labute approximate surface area is 88.9 Å². The third-order valence-electron chi connectivity index (χ3n) is 3.13. The molecule has 1 saturated carbocycles. The van der Waals surface area contributed by atoms with Gasteiger partial charge in [-0.15, -0.1) is 0 Å². The molecule has 1 aliphatic rings. The van der Waals surface area contributed by atoms with Gasteiger partial charge in [-0.3, -0.25) is 4.79 Å². The summed E-state index contributed by atoms with van der Waals surface area (Å²) in [7, 11) is 1.35. The maximum atomic E-state index is 11.4. The Morgan fingerprint density at radius 1 is 1.40 bits per heavy atom. The van der Waals surface area contributed by atoms with Crippen molar-refractivity contribution in [3.63, 3.8) is 0 Å². The van der Waals surface area contributed by atoms with Gasteiger partial charge in [0.2, 0.25) is 0 Å². The van der Waals surface area contributed by atoms with Gasteiger partial charge in [0, 0.05) is 5.57 Å². The molecule has 0 saturated heterocycles. The van der Waals surface area contributed by atoms with Crippen LogP contribution in [-0.4, -0.2) is 24.2 Å². The predicted molar refractivity (Wildman–Crippen MR) is 54.2 cm³/mol. The number of carboxylic acid groups (broad SMARTS) is 1. The Morgan fingerprint density at radius 3 is 2.33 bits per heavy atom. The molecule has 0 unspecified atom stereocenters. The average Bonchev–Trinajstić information content (AvgIpc) is 2.67. The summed E-state index contributed by atoms with van der Waals surface area (Å²) >= 11 is 0. The van der Waals surface area contributed by atoms with Crippen molar-refractivity contribution in [2.75, 3.05) is 7.11 Å². The second kappa shape index (κ2) is 3.68. The van der Waals surface area contributed by atoms with Crippen LogP contribution >= 0.6 is 0 Å². The first-order chi connectivity index (χ1) is 6.82. The van der Waals surface area contributed by atoms with Crippen LogP contribution in [0.4, 0.5) is 0 Å². The number of esters is 1. The van der Waals surface area contributed by atoms with Crippen LogP contribution < -0.4 is 0 Å². The normalized spacial score (nSPS) is 28.4. The Hall–Kier alpha value is -1.32. The zero-order chi connectivity index (χ0) is 11.8. The van der Waals surface area contributed by atoms with E-state index >= 15 is 0 Å². The van der Waals surface area contributed by atoms with Crippen molar-refractivity contribution in [2.24, 2.45) is 17.3 Å². The molecule has 0 bridgehead atoms. The molecule has 15 heavy (non-hydrogen) atoms. The third-order valence-corrected chi connectivity index (χ3v) is 3.13. The highest BCUT2D eigenvalue weighted by molar-refractivity contribution is 5.86. The molecular weight excluding hydrogens is 196 g/mol. The Balaban J connectivity index is 2.79. The van der Waals surface area contributed by atoms with Crippen molar-refractivity contribution >= 4 is 11.9 Å². The Bertz CT molecular complexity index is 327. The maximum absolute atomic E-state index is 11.4. The molecule has 1 aliphatic carbocycles. The molecule has 2 atom stereocenters. The van der Waals surface area contributed by atoms with Gasteiger partial charge in [0.05, 0.1) is 13.0 Å². The van der Waals surface area contributed by atoms with Gasteiger partial charge < -0.3 is 9.84 Å². The summed E-state index contributed by atoms with van der Waals surface area (Å²) in [6.07, 6.45) is 1.64. The van der Waals surface area contributed by atoms with Crippen LogP contribution in [0.25, 0.3) is 0 Å². The molecule has 1 rings (SSSR count). The van der Waals surface area contributed by atoms with Crippen molar-refractivity contribution in [3.05, 3.63) is 11.6 Å². The topological polar surface area (TPSA) is 63.6 Å². The molecule has 1 N–H and O–H groups in total.